The lowest BCUT2D eigenvalue weighted by Crippen LogP contribution is -2.36. The minimum Gasteiger partial charge on any atom is -0.378 e. The lowest BCUT2D eigenvalue weighted by atomic mass is 10.2. The first-order chi connectivity index (χ1) is 12.8. The molecule has 0 N–H and O–H groups in total. The van der Waals surface area contributed by atoms with Gasteiger partial charge in [-0.05, 0) is 42.2 Å². The second kappa shape index (κ2) is 8.33. The third-order valence-electron chi connectivity index (χ3n) is 4.62. The maximum Gasteiger partial charge on any atom is 0.0724 e. The molecule has 0 saturated carbocycles. The van der Waals surface area contributed by atoms with Crippen LogP contribution in [0.25, 0.3) is 10.9 Å². The lowest BCUT2D eigenvalue weighted by molar-refractivity contribution is 0.122. The molecular formula is C21H22N2OS2. The SMILES string of the molecule is CSc1ccc2c(SCc3ccc(N4CCOCC4)cc3)ccnc2c1. The molecule has 26 heavy (non-hydrogen) atoms. The van der Waals surface area contributed by atoms with Crippen molar-refractivity contribution in [3.8, 4) is 0 Å². The van der Waals surface area contributed by atoms with Crippen molar-refractivity contribution >= 4 is 40.1 Å². The molecule has 1 aliphatic heterocycles. The van der Waals surface area contributed by atoms with Crippen LogP contribution in [0.2, 0.25) is 0 Å². The van der Waals surface area contributed by atoms with Crippen LogP contribution in [0.4, 0.5) is 5.69 Å². The Labute approximate surface area is 163 Å². The highest BCUT2D eigenvalue weighted by atomic mass is 32.2. The van der Waals surface area contributed by atoms with Gasteiger partial charge < -0.3 is 9.64 Å². The van der Waals surface area contributed by atoms with Crippen LogP contribution in [0.15, 0.2) is 64.5 Å². The molecule has 134 valence electrons. The van der Waals surface area contributed by atoms with E-state index in [0.29, 0.717) is 0 Å². The van der Waals surface area contributed by atoms with Crippen molar-refractivity contribution in [2.24, 2.45) is 0 Å². The number of aromatic nitrogens is 1. The van der Waals surface area contributed by atoms with E-state index in [1.807, 2.05) is 18.0 Å². The Balaban J connectivity index is 1.46. The molecule has 0 atom stereocenters. The van der Waals surface area contributed by atoms with E-state index in [4.69, 9.17) is 4.74 Å². The van der Waals surface area contributed by atoms with Gasteiger partial charge in [0, 0.05) is 45.9 Å². The first-order valence-electron chi connectivity index (χ1n) is 8.81. The van der Waals surface area contributed by atoms with Gasteiger partial charge in [-0.15, -0.1) is 23.5 Å². The van der Waals surface area contributed by atoms with Crippen molar-refractivity contribution in [3.63, 3.8) is 0 Å². The average molecular weight is 383 g/mol. The second-order valence-corrected chi connectivity index (χ2v) is 8.14. The monoisotopic (exact) mass is 382 g/mol. The molecule has 0 radical (unpaired) electrons. The third kappa shape index (κ3) is 4.00. The smallest absolute Gasteiger partial charge is 0.0724 e. The number of morpholine rings is 1. The predicted octanol–water partition coefficient (Wildman–Crippen LogP) is 5.09. The van der Waals surface area contributed by atoms with E-state index in [-0.39, 0.29) is 0 Å². The Bertz CT molecular complexity index is 877. The van der Waals surface area contributed by atoms with Crippen molar-refractivity contribution in [1.29, 1.82) is 0 Å². The zero-order valence-corrected chi connectivity index (χ0v) is 16.5. The summed E-state index contributed by atoms with van der Waals surface area (Å²) in [6.45, 7) is 3.61. The highest BCUT2D eigenvalue weighted by Gasteiger charge is 2.11. The van der Waals surface area contributed by atoms with Gasteiger partial charge in [0.15, 0.2) is 0 Å². The minimum absolute atomic E-state index is 0.824. The molecule has 3 aromatic rings. The molecular weight excluding hydrogens is 360 g/mol. The van der Waals surface area contributed by atoms with Gasteiger partial charge in [0.2, 0.25) is 0 Å². The molecule has 2 aromatic carbocycles. The molecule has 0 amide bonds. The number of hydrogen-bond donors (Lipinski definition) is 0. The maximum atomic E-state index is 5.43. The molecule has 0 aliphatic carbocycles. The van der Waals surface area contributed by atoms with Gasteiger partial charge in [-0.2, -0.15) is 0 Å². The molecule has 0 bridgehead atoms. The number of pyridine rings is 1. The molecule has 1 aromatic heterocycles. The molecule has 4 rings (SSSR count). The van der Waals surface area contributed by atoms with Crippen LogP contribution in [0.3, 0.4) is 0 Å². The van der Waals surface area contributed by atoms with Crippen LogP contribution in [0, 0.1) is 0 Å². The minimum atomic E-state index is 0.824. The van der Waals surface area contributed by atoms with E-state index in [1.165, 1.54) is 26.4 Å². The van der Waals surface area contributed by atoms with Crippen LogP contribution >= 0.6 is 23.5 Å². The Morgan fingerprint density at radius 3 is 2.62 bits per heavy atom. The summed E-state index contributed by atoms with van der Waals surface area (Å²) < 4.78 is 5.43. The Kier molecular flexibility index (Phi) is 5.68. The molecule has 0 spiro atoms. The summed E-state index contributed by atoms with van der Waals surface area (Å²) in [6.07, 6.45) is 4.01. The molecule has 5 heteroatoms. The van der Waals surface area contributed by atoms with Gasteiger partial charge in [-0.1, -0.05) is 18.2 Å². The summed E-state index contributed by atoms with van der Waals surface area (Å²) in [5.74, 6) is 0.965. The topological polar surface area (TPSA) is 25.4 Å². The number of anilines is 1. The van der Waals surface area contributed by atoms with Gasteiger partial charge >= 0.3 is 0 Å². The number of rotatable bonds is 5. The van der Waals surface area contributed by atoms with E-state index in [9.17, 15) is 0 Å². The van der Waals surface area contributed by atoms with Crippen LogP contribution in [0.1, 0.15) is 5.56 Å². The highest BCUT2D eigenvalue weighted by Crippen LogP contribution is 2.31. The number of nitrogens with zero attached hydrogens (tertiary/aromatic N) is 2. The Morgan fingerprint density at radius 2 is 1.85 bits per heavy atom. The van der Waals surface area contributed by atoms with Crippen molar-refractivity contribution < 1.29 is 4.74 Å². The van der Waals surface area contributed by atoms with Gasteiger partial charge in [-0.25, -0.2) is 0 Å². The van der Waals surface area contributed by atoms with E-state index in [0.717, 1.165) is 37.6 Å². The number of thioether (sulfide) groups is 2. The Hall–Kier alpha value is -1.69. The summed E-state index contributed by atoms with van der Waals surface area (Å²) in [7, 11) is 0. The van der Waals surface area contributed by atoms with E-state index >= 15 is 0 Å². The number of benzene rings is 2. The van der Waals surface area contributed by atoms with Crippen molar-refractivity contribution in [2.75, 3.05) is 37.5 Å². The molecule has 1 saturated heterocycles. The van der Waals surface area contributed by atoms with Crippen molar-refractivity contribution in [1.82, 2.24) is 4.98 Å². The summed E-state index contributed by atoms with van der Waals surface area (Å²) >= 11 is 3.63. The summed E-state index contributed by atoms with van der Waals surface area (Å²) in [6, 6.07) is 17.6. The highest BCUT2D eigenvalue weighted by molar-refractivity contribution is 7.99. The van der Waals surface area contributed by atoms with Gasteiger partial charge in [0.05, 0.1) is 18.7 Å². The van der Waals surface area contributed by atoms with Crippen molar-refractivity contribution in [2.45, 2.75) is 15.5 Å². The van der Waals surface area contributed by atoms with E-state index < -0.39 is 0 Å². The van der Waals surface area contributed by atoms with Gasteiger partial charge in [-0.3, -0.25) is 4.98 Å². The van der Waals surface area contributed by atoms with Gasteiger partial charge in [0.25, 0.3) is 0 Å². The fourth-order valence-corrected chi connectivity index (χ4v) is 4.57. The predicted molar refractivity (Wildman–Crippen MR) is 113 cm³/mol. The van der Waals surface area contributed by atoms with Crippen LogP contribution in [0.5, 0.6) is 0 Å². The quantitative estimate of drug-likeness (QED) is 0.573. The normalized spacial score (nSPS) is 14.7. The molecule has 0 unspecified atom stereocenters. The van der Waals surface area contributed by atoms with E-state index in [2.05, 4.69) is 64.7 Å². The maximum absolute atomic E-state index is 5.43. The number of hydrogen-bond acceptors (Lipinski definition) is 5. The molecule has 2 heterocycles. The lowest BCUT2D eigenvalue weighted by Gasteiger charge is -2.28. The first-order valence-corrected chi connectivity index (χ1v) is 11.0. The molecule has 3 nitrogen and oxygen atoms in total. The van der Waals surface area contributed by atoms with Crippen LogP contribution in [-0.4, -0.2) is 37.5 Å². The Morgan fingerprint density at radius 1 is 1.04 bits per heavy atom. The first kappa shape index (κ1) is 17.7. The number of fused-ring (bicyclic) bond motifs is 1. The van der Waals surface area contributed by atoms with Crippen molar-refractivity contribution in [3.05, 3.63) is 60.3 Å². The van der Waals surface area contributed by atoms with Crippen LogP contribution < -0.4 is 4.90 Å². The van der Waals surface area contributed by atoms with E-state index in [1.54, 1.807) is 11.8 Å². The largest absolute Gasteiger partial charge is 0.378 e. The number of ether oxygens (including phenoxy) is 1. The fourth-order valence-electron chi connectivity index (χ4n) is 3.14. The fraction of sp³-hybridized carbons (Fsp3) is 0.286. The van der Waals surface area contributed by atoms with Crippen LogP contribution in [-0.2, 0) is 10.5 Å². The zero-order chi connectivity index (χ0) is 17.8. The summed E-state index contributed by atoms with van der Waals surface area (Å²) in [4.78, 5) is 9.46. The summed E-state index contributed by atoms with van der Waals surface area (Å²) in [5, 5.41) is 1.24. The second-order valence-electron chi connectivity index (χ2n) is 6.25. The van der Waals surface area contributed by atoms with Gasteiger partial charge in [0.1, 0.15) is 0 Å². The standard InChI is InChI=1S/C21H22N2OS2/c1-25-18-6-7-19-20(14-18)22-9-8-21(19)26-15-16-2-4-17(5-3-16)23-10-12-24-13-11-23/h2-9,14H,10-13,15H2,1H3. The summed E-state index contributed by atoms with van der Waals surface area (Å²) in [5.41, 5.74) is 3.71. The third-order valence-corrected chi connectivity index (χ3v) is 6.49. The zero-order valence-electron chi connectivity index (χ0n) is 14.9. The average Bonchev–Trinajstić information content (AvgIpc) is 2.72. The molecule has 1 aliphatic rings. The molecule has 1 fully saturated rings.